The van der Waals surface area contributed by atoms with Crippen LogP contribution in [0.4, 0.5) is 0 Å². The summed E-state index contributed by atoms with van der Waals surface area (Å²) in [4.78, 5) is 36.0. The number of fused-ring (bicyclic) bond motifs is 2. The Morgan fingerprint density at radius 1 is 1.32 bits per heavy atom. The number of H-pyrrole nitrogens is 1. The third-order valence-electron chi connectivity index (χ3n) is 4.36. The number of nitrogens with two attached hydrogens (primary N) is 1. The second kappa shape index (κ2) is 6.65. The predicted molar refractivity (Wildman–Crippen MR) is 100 cm³/mol. The fourth-order valence-electron chi connectivity index (χ4n) is 2.92. The smallest absolute Gasteiger partial charge is 0.270 e. The molecule has 0 aliphatic carbocycles. The van der Waals surface area contributed by atoms with Crippen LogP contribution < -0.4 is 15.8 Å². The van der Waals surface area contributed by atoms with E-state index in [1.807, 2.05) is 25.1 Å². The Kier molecular flexibility index (Phi) is 4.15. The molecule has 0 spiro atoms. The van der Waals surface area contributed by atoms with Crippen molar-refractivity contribution in [2.75, 3.05) is 7.11 Å². The molecule has 0 unspecified atom stereocenters. The van der Waals surface area contributed by atoms with Crippen LogP contribution >= 0.6 is 0 Å². The van der Waals surface area contributed by atoms with Crippen molar-refractivity contribution in [2.45, 2.75) is 13.0 Å². The minimum atomic E-state index is -0.661. The van der Waals surface area contributed by atoms with Gasteiger partial charge < -0.3 is 20.8 Å². The number of carbonyl (C=O) groups is 2. The van der Waals surface area contributed by atoms with Gasteiger partial charge in [0.2, 0.25) is 0 Å². The van der Waals surface area contributed by atoms with Crippen molar-refractivity contribution in [3.63, 3.8) is 0 Å². The lowest BCUT2D eigenvalue weighted by atomic mass is 10.3. The van der Waals surface area contributed by atoms with Gasteiger partial charge in [-0.1, -0.05) is 0 Å². The number of ether oxygens (including phenoxy) is 1. The molecule has 0 saturated heterocycles. The second-order valence-corrected chi connectivity index (χ2v) is 6.19. The molecule has 0 aliphatic heterocycles. The lowest BCUT2D eigenvalue weighted by Crippen LogP contribution is -2.29. The first kappa shape index (κ1) is 17.5. The molecule has 0 bridgehead atoms. The lowest BCUT2D eigenvalue weighted by molar-refractivity contribution is 0.0929. The average molecular weight is 379 g/mol. The van der Waals surface area contributed by atoms with Crippen molar-refractivity contribution in [1.82, 2.24) is 29.9 Å². The highest BCUT2D eigenvalue weighted by atomic mass is 16.5. The SMILES string of the molecule is COc1ccc2nc([C@H](C)NC(=O)c3ccnc4c(C(N)=O)cnn34)[nH]c2c1. The summed E-state index contributed by atoms with van der Waals surface area (Å²) in [5, 5.41) is 6.91. The van der Waals surface area contributed by atoms with Crippen LogP contribution in [0.3, 0.4) is 0 Å². The first-order valence-electron chi connectivity index (χ1n) is 8.45. The van der Waals surface area contributed by atoms with E-state index < -0.39 is 17.9 Å². The molecule has 0 aliphatic rings. The number of methoxy groups -OCH3 is 1. The highest BCUT2D eigenvalue weighted by molar-refractivity contribution is 5.99. The average Bonchev–Trinajstić information content (AvgIpc) is 3.31. The van der Waals surface area contributed by atoms with E-state index in [4.69, 9.17) is 10.5 Å². The van der Waals surface area contributed by atoms with Gasteiger partial charge in [-0.15, -0.1) is 0 Å². The molecule has 28 heavy (non-hydrogen) atoms. The molecule has 3 heterocycles. The highest BCUT2D eigenvalue weighted by Gasteiger charge is 2.20. The number of primary amides is 1. The van der Waals surface area contributed by atoms with E-state index in [1.165, 1.54) is 23.0 Å². The molecule has 0 radical (unpaired) electrons. The largest absolute Gasteiger partial charge is 0.497 e. The van der Waals surface area contributed by atoms with Gasteiger partial charge in [-0.25, -0.2) is 14.5 Å². The van der Waals surface area contributed by atoms with Crippen molar-refractivity contribution in [3.8, 4) is 5.75 Å². The topological polar surface area (TPSA) is 140 Å². The van der Waals surface area contributed by atoms with E-state index in [2.05, 4.69) is 25.4 Å². The Balaban J connectivity index is 1.61. The Morgan fingerprint density at radius 2 is 2.14 bits per heavy atom. The Morgan fingerprint density at radius 3 is 2.89 bits per heavy atom. The third-order valence-corrected chi connectivity index (χ3v) is 4.36. The Labute approximate surface area is 158 Å². The number of aromatic nitrogens is 5. The molecule has 142 valence electrons. The molecule has 4 aromatic rings. The maximum absolute atomic E-state index is 12.8. The summed E-state index contributed by atoms with van der Waals surface area (Å²) in [5.74, 6) is 0.255. The number of carbonyl (C=O) groups excluding carboxylic acids is 2. The van der Waals surface area contributed by atoms with Gasteiger partial charge in [-0.2, -0.15) is 5.10 Å². The van der Waals surface area contributed by atoms with Crippen LogP contribution in [0.15, 0.2) is 36.7 Å². The monoisotopic (exact) mass is 379 g/mol. The van der Waals surface area contributed by atoms with Gasteiger partial charge in [0.05, 0.1) is 30.4 Å². The maximum Gasteiger partial charge on any atom is 0.270 e. The molecule has 3 aromatic heterocycles. The van der Waals surface area contributed by atoms with E-state index >= 15 is 0 Å². The predicted octanol–water partition coefficient (Wildman–Crippen LogP) is 1.20. The number of amides is 2. The number of benzene rings is 1. The molecule has 10 nitrogen and oxygen atoms in total. The minimum Gasteiger partial charge on any atom is -0.497 e. The van der Waals surface area contributed by atoms with Gasteiger partial charge in [-0.05, 0) is 25.1 Å². The van der Waals surface area contributed by atoms with Gasteiger partial charge in [0.15, 0.2) is 5.65 Å². The van der Waals surface area contributed by atoms with Crippen molar-refractivity contribution < 1.29 is 14.3 Å². The Hall–Kier alpha value is -3.95. The molecule has 10 heteroatoms. The summed E-state index contributed by atoms with van der Waals surface area (Å²) in [7, 11) is 1.59. The van der Waals surface area contributed by atoms with Crippen molar-refractivity contribution >= 4 is 28.5 Å². The van der Waals surface area contributed by atoms with Crippen molar-refractivity contribution in [1.29, 1.82) is 0 Å². The Bertz CT molecular complexity index is 1210. The van der Waals surface area contributed by atoms with Crippen molar-refractivity contribution in [2.24, 2.45) is 5.73 Å². The summed E-state index contributed by atoms with van der Waals surface area (Å²) in [6.45, 7) is 1.81. The van der Waals surface area contributed by atoms with E-state index in [0.717, 1.165) is 11.0 Å². The van der Waals surface area contributed by atoms with Gasteiger partial charge >= 0.3 is 0 Å². The zero-order valence-corrected chi connectivity index (χ0v) is 15.1. The van der Waals surface area contributed by atoms with Crippen LogP contribution in [-0.2, 0) is 0 Å². The van der Waals surface area contributed by atoms with E-state index in [-0.39, 0.29) is 16.9 Å². The summed E-state index contributed by atoms with van der Waals surface area (Å²) >= 11 is 0. The van der Waals surface area contributed by atoms with Crippen LogP contribution in [-0.4, -0.2) is 43.5 Å². The number of imidazole rings is 1. The van der Waals surface area contributed by atoms with E-state index in [9.17, 15) is 9.59 Å². The van der Waals surface area contributed by atoms with Crippen LogP contribution in [0.2, 0.25) is 0 Å². The standard InChI is InChI=1S/C18H17N7O3/c1-9(16-23-12-4-3-10(28-2)7-13(12)24-16)22-18(27)14-5-6-20-17-11(15(19)26)8-21-25(14)17/h3-9H,1-2H3,(H2,19,26)(H,22,27)(H,23,24)/t9-/m0/s1. The number of aromatic amines is 1. The zero-order chi connectivity index (χ0) is 19.8. The van der Waals surface area contributed by atoms with Crippen LogP contribution in [0.25, 0.3) is 16.7 Å². The van der Waals surface area contributed by atoms with Gasteiger partial charge in [0, 0.05) is 12.3 Å². The summed E-state index contributed by atoms with van der Waals surface area (Å²) in [5.41, 5.74) is 7.48. The zero-order valence-electron chi connectivity index (χ0n) is 15.1. The van der Waals surface area contributed by atoms with E-state index in [1.54, 1.807) is 7.11 Å². The third kappa shape index (κ3) is 2.90. The van der Waals surface area contributed by atoms with Crippen LogP contribution in [0.5, 0.6) is 5.75 Å². The molecular formula is C18H17N7O3. The quantitative estimate of drug-likeness (QED) is 0.476. The molecule has 1 aromatic carbocycles. The fraction of sp³-hybridized carbons (Fsp3) is 0.167. The van der Waals surface area contributed by atoms with Gasteiger partial charge in [0.25, 0.3) is 11.8 Å². The molecular weight excluding hydrogens is 362 g/mol. The maximum atomic E-state index is 12.8. The summed E-state index contributed by atoms with van der Waals surface area (Å²) in [6, 6.07) is 6.60. The normalized spacial score (nSPS) is 12.2. The molecule has 1 atom stereocenters. The minimum absolute atomic E-state index is 0.147. The number of nitrogens with zero attached hydrogens (tertiary/aromatic N) is 4. The first-order chi connectivity index (χ1) is 13.5. The van der Waals surface area contributed by atoms with Crippen molar-refractivity contribution in [3.05, 3.63) is 53.7 Å². The number of rotatable bonds is 5. The van der Waals surface area contributed by atoms with E-state index in [0.29, 0.717) is 11.6 Å². The number of nitrogens with one attached hydrogen (secondary N) is 2. The number of hydrogen-bond donors (Lipinski definition) is 3. The summed E-state index contributed by atoms with van der Waals surface area (Å²) < 4.78 is 6.49. The van der Waals surface area contributed by atoms with Crippen LogP contribution in [0, 0.1) is 0 Å². The molecule has 4 N–H and O–H groups in total. The van der Waals surface area contributed by atoms with Gasteiger partial charge in [0.1, 0.15) is 22.8 Å². The summed E-state index contributed by atoms with van der Waals surface area (Å²) in [6.07, 6.45) is 2.72. The second-order valence-electron chi connectivity index (χ2n) is 6.19. The van der Waals surface area contributed by atoms with Gasteiger partial charge in [-0.3, -0.25) is 9.59 Å². The first-order valence-corrected chi connectivity index (χ1v) is 8.45. The molecule has 2 amide bonds. The fourth-order valence-corrected chi connectivity index (χ4v) is 2.92. The molecule has 4 rings (SSSR count). The molecule has 0 fully saturated rings. The number of hydrogen-bond acceptors (Lipinski definition) is 6. The van der Waals surface area contributed by atoms with Crippen LogP contribution in [0.1, 0.15) is 39.6 Å². The highest BCUT2D eigenvalue weighted by Crippen LogP contribution is 2.21. The lowest BCUT2D eigenvalue weighted by Gasteiger charge is -2.12. The molecule has 0 saturated carbocycles.